The molecule has 0 bridgehead atoms. The van der Waals surface area contributed by atoms with Gasteiger partial charge in [-0.25, -0.2) is 0 Å². The first-order valence-electron chi connectivity index (χ1n) is 8.54. The lowest BCUT2D eigenvalue weighted by Crippen LogP contribution is -2.01. The number of hydrogen-bond acceptors (Lipinski definition) is 4. The highest BCUT2D eigenvalue weighted by Crippen LogP contribution is 2.36. The Hall–Kier alpha value is -2.20. The maximum atomic E-state index is 6.36. The lowest BCUT2D eigenvalue weighted by atomic mass is 10.2. The number of halogens is 1. The van der Waals surface area contributed by atoms with Gasteiger partial charge in [0.25, 0.3) is 0 Å². The van der Waals surface area contributed by atoms with E-state index in [9.17, 15) is 0 Å². The molecule has 0 aliphatic rings. The van der Waals surface area contributed by atoms with Crippen LogP contribution in [0.4, 0.5) is 5.69 Å². The average Bonchev–Trinajstić information content (AvgIpc) is 2.61. The largest absolute Gasteiger partial charge is 0.494 e. The predicted molar refractivity (Wildman–Crippen MR) is 103 cm³/mol. The Bertz CT molecular complexity index is 699. The van der Waals surface area contributed by atoms with Crippen molar-refractivity contribution in [3.05, 3.63) is 47.0 Å². The van der Waals surface area contributed by atoms with E-state index >= 15 is 0 Å². The number of aliphatic imine (C=N–C) groups is 1. The van der Waals surface area contributed by atoms with E-state index in [4.69, 9.17) is 25.8 Å². The van der Waals surface area contributed by atoms with Crippen molar-refractivity contribution >= 4 is 23.5 Å². The molecule has 2 aromatic carbocycles. The molecule has 25 heavy (non-hydrogen) atoms. The van der Waals surface area contributed by atoms with Crippen molar-refractivity contribution in [3.8, 4) is 17.2 Å². The molecule has 4 nitrogen and oxygen atoms in total. The summed E-state index contributed by atoms with van der Waals surface area (Å²) in [5.41, 5.74) is 1.69. The smallest absolute Gasteiger partial charge is 0.179 e. The summed E-state index contributed by atoms with van der Waals surface area (Å²) in [5.74, 6) is 2.06. The highest BCUT2D eigenvalue weighted by Gasteiger charge is 2.11. The van der Waals surface area contributed by atoms with Crippen LogP contribution in [0.25, 0.3) is 0 Å². The Morgan fingerprint density at radius 3 is 2.32 bits per heavy atom. The number of ether oxygens (including phenoxy) is 3. The molecule has 0 radical (unpaired) electrons. The van der Waals surface area contributed by atoms with E-state index in [0.717, 1.165) is 23.4 Å². The molecule has 0 spiro atoms. The molecule has 0 aromatic heterocycles. The number of rotatable bonds is 9. The van der Waals surface area contributed by atoms with Gasteiger partial charge in [-0.2, -0.15) is 0 Å². The quantitative estimate of drug-likeness (QED) is 0.539. The van der Waals surface area contributed by atoms with Crippen LogP contribution in [0.2, 0.25) is 5.02 Å². The van der Waals surface area contributed by atoms with E-state index in [0.29, 0.717) is 36.3 Å². The maximum absolute atomic E-state index is 6.36. The zero-order valence-electron chi connectivity index (χ0n) is 14.9. The van der Waals surface area contributed by atoms with E-state index in [1.54, 1.807) is 6.21 Å². The molecule has 0 fully saturated rings. The standard InChI is InChI=1S/C20H24ClNO3/c1-4-11-25-20-18(21)12-15(13-19(20)24-6-3)14-22-16-7-9-17(10-8-16)23-5-2/h7-10,12-14H,4-6,11H2,1-3H3. The van der Waals surface area contributed by atoms with Crippen molar-refractivity contribution in [3.63, 3.8) is 0 Å². The fourth-order valence-corrected chi connectivity index (χ4v) is 2.49. The van der Waals surface area contributed by atoms with Gasteiger partial charge < -0.3 is 14.2 Å². The lowest BCUT2D eigenvalue weighted by molar-refractivity contribution is 0.277. The maximum Gasteiger partial charge on any atom is 0.179 e. The summed E-state index contributed by atoms with van der Waals surface area (Å²) >= 11 is 6.36. The molecular formula is C20H24ClNO3. The molecule has 0 heterocycles. The van der Waals surface area contributed by atoms with E-state index in [-0.39, 0.29) is 0 Å². The molecule has 0 atom stereocenters. The molecule has 0 saturated heterocycles. The van der Waals surface area contributed by atoms with E-state index in [1.165, 1.54) is 0 Å². The van der Waals surface area contributed by atoms with Gasteiger partial charge in [0.1, 0.15) is 5.75 Å². The van der Waals surface area contributed by atoms with Crippen LogP contribution in [0.15, 0.2) is 41.4 Å². The summed E-state index contributed by atoms with van der Waals surface area (Å²) in [4.78, 5) is 4.48. The second kappa shape index (κ2) is 9.94. The van der Waals surface area contributed by atoms with Crippen molar-refractivity contribution in [2.75, 3.05) is 19.8 Å². The van der Waals surface area contributed by atoms with Crippen LogP contribution in [0, 0.1) is 0 Å². The molecule has 0 unspecified atom stereocenters. The van der Waals surface area contributed by atoms with Gasteiger partial charge in [-0.3, -0.25) is 4.99 Å². The topological polar surface area (TPSA) is 40.0 Å². The van der Waals surface area contributed by atoms with Crippen LogP contribution >= 0.6 is 11.6 Å². The summed E-state index contributed by atoms with van der Waals surface area (Å²) in [6.45, 7) is 7.72. The molecule has 2 aromatic rings. The Balaban J connectivity index is 2.20. The molecule has 5 heteroatoms. The summed E-state index contributed by atoms with van der Waals surface area (Å²) in [6, 6.07) is 11.3. The third-order valence-corrected chi connectivity index (χ3v) is 3.57. The summed E-state index contributed by atoms with van der Waals surface area (Å²) in [5, 5.41) is 0.521. The highest BCUT2D eigenvalue weighted by atomic mass is 35.5. The zero-order chi connectivity index (χ0) is 18.1. The van der Waals surface area contributed by atoms with Crippen LogP contribution in [0.3, 0.4) is 0 Å². The molecule has 0 aliphatic heterocycles. The fraction of sp³-hybridized carbons (Fsp3) is 0.350. The predicted octanol–water partition coefficient (Wildman–Crippen LogP) is 5.68. The van der Waals surface area contributed by atoms with Crippen molar-refractivity contribution in [1.29, 1.82) is 0 Å². The number of nitrogens with zero attached hydrogens (tertiary/aromatic N) is 1. The van der Waals surface area contributed by atoms with Crippen LogP contribution < -0.4 is 14.2 Å². The van der Waals surface area contributed by atoms with Crippen molar-refractivity contribution < 1.29 is 14.2 Å². The molecular weight excluding hydrogens is 338 g/mol. The molecule has 134 valence electrons. The van der Waals surface area contributed by atoms with Crippen molar-refractivity contribution in [1.82, 2.24) is 0 Å². The fourth-order valence-electron chi connectivity index (χ4n) is 2.21. The van der Waals surface area contributed by atoms with E-state index in [2.05, 4.69) is 4.99 Å². The Morgan fingerprint density at radius 2 is 1.68 bits per heavy atom. The van der Waals surface area contributed by atoms with Crippen molar-refractivity contribution in [2.24, 2.45) is 4.99 Å². The monoisotopic (exact) mass is 361 g/mol. The van der Waals surface area contributed by atoms with Crippen LogP contribution in [-0.2, 0) is 0 Å². The Kier molecular flexibility index (Phi) is 7.61. The minimum Gasteiger partial charge on any atom is -0.494 e. The van der Waals surface area contributed by atoms with Gasteiger partial charge in [-0.1, -0.05) is 18.5 Å². The van der Waals surface area contributed by atoms with Gasteiger partial charge in [0.15, 0.2) is 11.5 Å². The van der Waals surface area contributed by atoms with Gasteiger partial charge in [-0.15, -0.1) is 0 Å². The molecule has 0 amide bonds. The second-order valence-corrected chi connectivity index (χ2v) is 5.70. The van der Waals surface area contributed by atoms with Gasteiger partial charge in [0, 0.05) is 6.21 Å². The van der Waals surface area contributed by atoms with Crippen molar-refractivity contribution in [2.45, 2.75) is 27.2 Å². The first-order valence-corrected chi connectivity index (χ1v) is 8.91. The molecule has 0 N–H and O–H groups in total. The zero-order valence-corrected chi connectivity index (χ0v) is 15.7. The minimum atomic E-state index is 0.521. The average molecular weight is 362 g/mol. The van der Waals surface area contributed by atoms with Gasteiger partial charge in [0.05, 0.1) is 30.5 Å². The molecule has 0 saturated carbocycles. The molecule has 0 aliphatic carbocycles. The summed E-state index contributed by atoms with van der Waals surface area (Å²) in [7, 11) is 0. The summed E-state index contributed by atoms with van der Waals surface area (Å²) < 4.78 is 16.8. The van der Waals surface area contributed by atoms with Crippen LogP contribution in [0.1, 0.15) is 32.8 Å². The number of hydrogen-bond donors (Lipinski definition) is 0. The van der Waals surface area contributed by atoms with E-state index in [1.807, 2.05) is 57.2 Å². The first-order chi connectivity index (χ1) is 12.2. The van der Waals surface area contributed by atoms with E-state index < -0.39 is 0 Å². The second-order valence-electron chi connectivity index (χ2n) is 5.30. The van der Waals surface area contributed by atoms with Gasteiger partial charge in [-0.05, 0) is 62.2 Å². The lowest BCUT2D eigenvalue weighted by Gasteiger charge is -2.13. The molecule has 2 rings (SSSR count). The normalized spacial score (nSPS) is 10.9. The Morgan fingerprint density at radius 1 is 0.960 bits per heavy atom. The highest BCUT2D eigenvalue weighted by molar-refractivity contribution is 6.32. The summed E-state index contributed by atoms with van der Waals surface area (Å²) in [6.07, 6.45) is 2.66. The third-order valence-electron chi connectivity index (χ3n) is 3.29. The third kappa shape index (κ3) is 5.68. The van der Waals surface area contributed by atoms with Gasteiger partial charge >= 0.3 is 0 Å². The number of benzene rings is 2. The SMILES string of the molecule is CCCOc1c(Cl)cc(C=Nc2ccc(OCC)cc2)cc1OCC. The van der Waals surface area contributed by atoms with Crippen LogP contribution in [-0.4, -0.2) is 26.0 Å². The first kappa shape index (κ1) is 19.1. The van der Waals surface area contributed by atoms with Crippen LogP contribution in [0.5, 0.6) is 17.2 Å². The Labute approximate surface area is 154 Å². The minimum absolute atomic E-state index is 0.521. The van der Waals surface area contributed by atoms with Gasteiger partial charge in [0.2, 0.25) is 0 Å².